The van der Waals surface area contributed by atoms with E-state index in [-0.39, 0.29) is 0 Å². The predicted molar refractivity (Wildman–Crippen MR) is 118 cm³/mol. The van der Waals surface area contributed by atoms with E-state index in [4.69, 9.17) is 5.73 Å². The van der Waals surface area contributed by atoms with Crippen LogP contribution in [0.3, 0.4) is 0 Å². The minimum Gasteiger partial charge on any atom is -0.382 e. The van der Waals surface area contributed by atoms with Gasteiger partial charge in [-0.15, -0.1) is 0 Å². The molecule has 4 rings (SSSR count). The summed E-state index contributed by atoms with van der Waals surface area (Å²) < 4.78 is 0. The number of nitrogens with one attached hydrogen (secondary N) is 2. The maximum Gasteiger partial charge on any atom is 0.0465 e. The average Bonchev–Trinajstić information content (AvgIpc) is 2.69. The summed E-state index contributed by atoms with van der Waals surface area (Å²) in [5.74, 6) is 0. The number of anilines is 3. The zero-order chi connectivity index (χ0) is 18.8. The summed E-state index contributed by atoms with van der Waals surface area (Å²) in [6, 6.07) is 26.0. The Kier molecular flexibility index (Phi) is 4.69. The molecule has 0 aliphatic heterocycles. The van der Waals surface area contributed by atoms with Crippen molar-refractivity contribution in [2.45, 2.75) is 26.4 Å². The molecular weight excluding hydrogens is 330 g/mol. The van der Waals surface area contributed by atoms with Gasteiger partial charge in [-0.1, -0.05) is 36.4 Å². The van der Waals surface area contributed by atoms with Crippen molar-refractivity contribution >= 4 is 38.6 Å². The van der Waals surface area contributed by atoms with Crippen molar-refractivity contribution in [1.29, 1.82) is 0 Å². The van der Waals surface area contributed by atoms with E-state index in [0.717, 1.165) is 22.6 Å². The van der Waals surface area contributed by atoms with Crippen LogP contribution in [0, 0.1) is 0 Å². The molecule has 0 heterocycles. The molecule has 4 aromatic rings. The van der Waals surface area contributed by atoms with Gasteiger partial charge in [-0.25, -0.2) is 0 Å². The first-order chi connectivity index (χ1) is 13.1. The maximum absolute atomic E-state index is 5.71. The molecular formula is C24H25N3. The fourth-order valence-corrected chi connectivity index (χ4v) is 3.46. The molecule has 0 spiro atoms. The van der Waals surface area contributed by atoms with Crippen molar-refractivity contribution in [3.05, 3.63) is 78.4 Å². The monoisotopic (exact) mass is 355 g/mol. The van der Waals surface area contributed by atoms with Crippen LogP contribution in [0.5, 0.6) is 0 Å². The second kappa shape index (κ2) is 7.29. The lowest BCUT2D eigenvalue weighted by molar-refractivity contribution is 0.902. The minimum absolute atomic E-state index is 0.377. The van der Waals surface area contributed by atoms with Gasteiger partial charge in [-0.2, -0.15) is 0 Å². The average molecular weight is 355 g/mol. The molecule has 0 aromatic heterocycles. The van der Waals surface area contributed by atoms with Crippen LogP contribution in [0.4, 0.5) is 17.1 Å². The second-order valence-corrected chi connectivity index (χ2v) is 7.23. The van der Waals surface area contributed by atoms with Gasteiger partial charge in [0.1, 0.15) is 0 Å². The normalized spacial score (nSPS) is 11.3. The molecule has 3 nitrogen and oxygen atoms in total. The molecule has 0 unspecified atom stereocenters. The van der Waals surface area contributed by atoms with Crippen LogP contribution < -0.4 is 16.4 Å². The Bertz CT molecular complexity index is 1080. The maximum atomic E-state index is 5.71. The third kappa shape index (κ3) is 3.60. The van der Waals surface area contributed by atoms with E-state index < -0.39 is 0 Å². The summed E-state index contributed by atoms with van der Waals surface area (Å²) in [4.78, 5) is 0. The highest BCUT2D eigenvalue weighted by Crippen LogP contribution is 2.35. The molecule has 4 aromatic carbocycles. The van der Waals surface area contributed by atoms with Crippen LogP contribution in [-0.2, 0) is 6.54 Å². The van der Waals surface area contributed by atoms with Gasteiger partial charge < -0.3 is 16.4 Å². The number of hydrogen-bond donors (Lipinski definition) is 3. The fourth-order valence-electron chi connectivity index (χ4n) is 3.46. The first kappa shape index (κ1) is 17.4. The first-order valence-electron chi connectivity index (χ1n) is 9.42. The van der Waals surface area contributed by atoms with Gasteiger partial charge in [0.25, 0.3) is 0 Å². The van der Waals surface area contributed by atoms with Crippen LogP contribution in [0.1, 0.15) is 19.4 Å². The van der Waals surface area contributed by atoms with E-state index in [1.54, 1.807) is 0 Å². The lowest BCUT2D eigenvalue weighted by Crippen LogP contribution is -2.10. The SMILES string of the molecule is CC(C)Nc1ccc(Nc2ccc(CN)cc2)c2cc3ccccc3cc12. The molecule has 0 atom stereocenters. The number of fused-ring (bicyclic) bond motifs is 2. The molecule has 0 saturated carbocycles. The Hall–Kier alpha value is -3.04. The molecule has 0 bridgehead atoms. The van der Waals surface area contributed by atoms with E-state index in [2.05, 4.69) is 97.3 Å². The van der Waals surface area contributed by atoms with Gasteiger partial charge in [0.2, 0.25) is 0 Å². The molecule has 0 fully saturated rings. The Labute approximate surface area is 160 Å². The summed E-state index contributed by atoms with van der Waals surface area (Å²) in [6.07, 6.45) is 0. The highest BCUT2D eigenvalue weighted by molar-refractivity contribution is 6.09. The van der Waals surface area contributed by atoms with Crippen LogP contribution in [-0.4, -0.2) is 6.04 Å². The molecule has 3 heteroatoms. The van der Waals surface area contributed by atoms with Crippen molar-refractivity contribution in [1.82, 2.24) is 0 Å². The van der Waals surface area contributed by atoms with Gasteiger partial charge in [0.05, 0.1) is 0 Å². The van der Waals surface area contributed by atoms with Gasteiger partial charge in [0.15, 0.2) is 0 Å². The topological polar surface area (TPSA) is 50.1 Å². The van der Waals surface area contributed by atoms with Crippen LogP contribution in [0.15, 0.2) is 72.8 Å². The van der Waals surface area contributed by atoms with E-state index in [0.29, 0.717) is 12.6 Å². The van der Waals surface area contributed by atoms with E-state index in [9.17, 15) is 0 Å². The van der Waals surface area contributed by atoms with Crippen LogP contribution >= 0.6 is 0 Å². The standard InChI is InChI=1S/C24H25N3/c1-16(2)26-23-11-12-24(27-20-9-7-17(15-25)8-10-20)22-14-19-6-4-3-5-18(19)13-21(22)23/h3-14,16,26-27H,15,25H2,1-2H3. The number of hydrogen-bond acceptors (Lipinski definition) is 3. The summed E-state index contributed by atoms with van der Waals surface area (Å²) in [5, 5.41) is 12.1. The fraction of sp³-hybridized carbons (Fsp3) is 0.167. The highest BCUT2D eigenvalue weighted by atomic mass is 14.9. The third-order valence-corrected chi connectivity index (χ3v) is 4.80. The molecule has 0 saturated heterocycles. The van der Waals surface area contributed by atoms with E-state index in [1.807, 2.05) is 0 Å². The quantitative estimate of drug-likeness (QED) is 0.384. The molecule has 0 aliphatic rings. The third-order valence-electron chi connectivity index (χ3n) is 4.80. The number of nitrogens with two attached hydrogens (primary N) is 1. The number of benzene rings is 4. The Morgan fingerprint density at radius 3 is 1.96 bits per heavy atom. The molecule has 27 heavy (non-hydrogen) atoms. The van der Waals surface area contributed by atoms with Gasteiger partial charge >= 0.3 is 0 Å². The summed E-state index contributed by atoms with van der Waals surface area (Å²) in [6.45, 7) is 4.89. The molecule has 0 aliphatic carbocycles. The van der Waals surface area contributed by atoms with Gasteiger partial charge in [-0.3, -0.25) is 0 Å². The number of rotatable bonds is 5. The minimum atomic E-state index is 0.377. The van der Waals surface area contributed by atoms with E-state index >= 15 is 0 Å². The van der Waals surface area contributed by atoms with Crippen molar-refractivity contribution < 1.29 is 0 Å². The largest absolute Gasteiger partial charge is 0.382 e. The Morgan fingerprint density at radius 1 is 0.778 bits per heavy atom. The lowest BCUT2D eigenvalue weighted by atomic mass is 10.0. The Balaban J connectivity index is 1.85. The first-order valence-corrected chi connectivity index (χ1v) is 9.42. The van der Waals surface area contributed by atoms with Crippen molar-refractivity contribution in [3.63, 3.8) is 0 Å². The molecule has 0 amide bonds. The second-order valence-electron chi connectivity index (χ2n) is 7.23. The molecule has 4 N–H and O–H groups in total. The predicted octanol–water partition coefficient (Wildman–Crippen LogP) is 6.02. The van der Waals surface area contributed by atoms with Crippen molar-refractivity contribution in [3.8, 4) is 0 Å². The van der Waals surface area contributed by atoms with Crippen molar-refractivity contribution in [2.24, 2.45) is 5.73 Å². The van der Waals surface area contributed by atoms with E-state index in [1.165, 1.54) is 21.5 Å². The highest BCUT2D eigenvalue weighted by Gasteiger charge is 2.09. The van der Waals surface area contributed by atoms with Crippen LogP contribution in [0.25, 0.3) is 21.5 Å². The summed E-state index contributed by atoms with van der Waals surface area (Å²) in [7, 11) is 0. The summed E-state index contributed by atoms with van der Waals surface area (Å²) in [5.41, 5.74) is 10.2. The lowest BCUT2D eigenvalue weighted by Gasteiger charge is -2.17. The van der Waals surface area contributed by atoms with Crippen LogP contribution in [0.2, 0.25) is 0 Å². The Morgan fingerprint density at radius 2 is 1.37 bits per heavy atom. The van der Waals surface area contributed by atoms with Gasteiger partial charge in [0, 0.05) is 40.4 Å². The zero-order valence-electron chi connectivity index (χ0n) is 15.8. The molecule has 0 radical (unpaired) electrons. The van der Waals surface area contributed by atoms with Gasteiger partial charge in [-0.05, 0) is 66.6 Å². The molecule has 136 valence electrons. The summed E-state index contributed by atoms with van der Waals surface area (Å²) >= 11 is 0. The zero-order valence-corrected chi connectivity index (χ0v) is 15.8. The smallest absolute Gasteiger partial charge is 0.0465 e. The van der Waals surface area contributed by atoms with Crippen molar-refractivity contribution in [2.75, 3.05) is 10.6 Å².